The predicted octanol–water partition coefficient (Wildman–Crippen LogP) is 0.0647. The molecule has 1 fully saturated rings. The Kier molecular flexibility index (Phi) is 6.19. The molecule has 1 aliphatic heterocycles. The van der Waals surface area contributed by atoms with Gasteiger partial charge in [-0.3, -0.25) is 14.4 Å². The van der Waals surface area contributed by atoms with E-state index >= 15 is 0 Å². The molecule has 10 heteroatoms. The van der Waals surface area contributed by atoms with E-state index in [9.17, 15) is 27.6 Å². The van der Waals surface area contributed by atoms with Crippen molar-refractivity contribution in [1.82, 2.24) is 15.1 Å². The maximum Gasteiger partial charge on any atom is 0.416 e. The third kappa shape index (κ3) is 4.94. The lowest BCUT2D eigenvalue weighted by Crippen LogP contribution is -2.52. The lowest BCUT2D eigenvalue weighted by molar-refractivity contribution is -0.137. The first-order valence-corrected chi connectivity index (χ1v) is 7.93. The van der Waals surface area contributed by atoms with Gasteiger partial charge in [-0.15, -0.1) is 0 Å². The summed E-state index contributed by atoms with van der Waals surface area (Å²) in [6, 6.07) is 4.25. The average Bonchev–Trinajstić information content (AvgIpc) is 2.64. The highest BCUT2D eigenvalue weighted by Crippen LogP contribution is 2.29. The van der Waals surface area contributed by atoms with Gasteiger partial charge in [0, 0.05) is 31.7 Å². The van der Waals surface area contributed by atoms with E-state index in [-0.39, 0.29) is 50.7 Å². The van der Waals surface area contributed by atoms with Gasteiger partial charge < -0.3 is 20.9 Å². The van der Waals surface area contributed by atoms with Crippen molar-refractivity contribution in [2.45, 2.75) is 6.18 Å². The summed E-state index contributed by atoms with van der Waals surface area (Å²) < 4.78 is 38.3. The zero-order valence-corrected chi connectivity index (χ0v) is 13.9. The van der Waals surface area contributed by atoms with E-state index in [4.69, 9.17) is 5.73 Å². The van der Waals surface area contributed by atoms with Gasteiger partial charge in [-0.25, -0.2) is 0 Å². The number of nitrogens with two attached hydrogens (primary N) is 1. The van der Waals surface area contributed by atoms with Crippen LogP contribution in [0.1, 0.15) is 15.9 Å². The van der Waals surface area contributed by atoms with Crippen molar-refractivity contribution in [2.75, 3.05) is 39.3 Å². The quantitative estimate of drug-likeness (QED) is 0.782. The van der Waals surface area contributed by atoms with Crippen molar-refractivity contribution in [3.63, 3.8) is 0 Å². The van der Waals surface area contributed by atoms with Gasteiger partial charge in [-0.05, 0) is 18.2 Å². The lowest BCUT2D eigenvalue weighted by Gasteiger charge is -2.35. The molecule has 1 heterocycles. The number of alkyl halides is 3. The van der Waals surface area contributed by atoms with Gasteiger partial charge in [0.25, 0.3) is 5.91 Å². The summed E-state index contributed by atoms with van der Waals surface area (Å²) >= 11 is 0. The SMILES string of the molecule is NCC(=O)NCC(=O)N1CCN(C(=O)c2cccc(C(F)(F)F)c2)CC1. The van der Waals surface area contributed by atoms with E-state index in [2.05, 4.69) is 5.32 Å². The molecule has 142 valence electrons. The summed E-state index contributed by atoms with van der Waals surface area (Å²) in [5.74, 6) is -1.27. The van der Waals surface area contributed by atoms with E-state index in [0.29, 0.717) is 0 Å². The molecule has 7 nitrogen and oxygen atoms in total. The maximum atomic E-state index is 12.8. The number of amides is 3. The summed E-state index contributed by atoms with van der Waals surface area (Å²) in [5, 5.41) is 2.37. The Morgan fingerprint density at radius 3 is 2.27 bits per heavy atom. The third-order valence-electron chi connectivity index (χ3n) is 3.98. The molecule has 1 aromatic rings. The molecule has 1 aliphatic rings. The molecule has 3 amide bonds. The normalized spacial score (nSPS) is 14.9. The van der Waals surface area contributed by atoms with Crippen molar-refractivity contribution < 1.29 is 27.6 Å². The molecule has 0 atom stereocenters. The van der Waals surface area contributed by atoms with Crippen molar-refractivity contribution >= 4 is 17.7 Å². The van der Waals surface area contributed by atoms with E-state index in [1.807, 2.05) is 0 Å². The van der Waals surface area contributed by atoms with Gasteiger partial charge in [-0.1, -0.05) is 6.07 Å². The van der Waals surface area contributed by atoms with Crippen LogP contribution in [0.5, 0.6) is 0 Å². The molecule has 0 bridgehead atoms. The monoisotopic (exact) mass is 372 g/mol. The van der Waals surface area contributed by atoms with Gasteiger partial charge in [-0.2, -0.15) is 13.2 Å². The minimum Gasteiger partial charge on any atom is -0.346 e. The number of halogens is 3. The predicted molar refractivity (Wildman–Crippen MR) is 86.0 cm³/mol. The molecule has 1 saturated heterocycles. The summed E-state index contributed by atoms with van der Waals surface area (Å²) in [5.41, 5.74) is 4.20. The zero-order valence-electron chi connectivity index (χ0n) is 13.9. The molecule has 1 aromatic carbocycles. The van der Waals surface area contributed by atoms with Crippen LogP contribution in [-0.4, -0.2) is 66.8 Å². The van der Waals surface area contributed by atoms with Gasteiger partial charge in [0.05, 0.1) is 18.7 Å². The van der Waals surface area contributed by atoms with Crippen LogP contribution in [-0.2, 0) is 15.8 Å². The van der Waals surface area contributed by atoms with Crippen LogP contribution in [0, 0.1) is 0 Å². The van der Waals surface area contributed by atoms with E-state index in [1.54, 1.807) is 0 Å². The van der Waals surface area contributed by atoms with Crippen molar-refractivity contribution in [1.29, 1.82) is 0 Å². The first-order valence-electron chi connectivity index (χ1n) is 7.93. The first kappa shape index (κ1) is 19.7. The highest BCUT2D eigenvalue weighted by Gasteiger charge is 2.32. The van der Waals surface area contributed by atoms with Crippen molar-refractivity contribution in [2.24, 2.45) is 5.73 Å². The fourth-order valence-corrected chi connectivity index (χ4v) is 2.53. The minimum absolute atomic E-state index is 0.0465. The number of hydrogen-bond donors (Lipinski definition) is 2. The Bertz CT molecular complexity index is 686. The molecule has 0 radical (unpaired) electrons. The van der Waals surface area contributed by atoms with Crippen LogP contribution < -0.4 is 11.1 Å². The maximum absolute atomic E-state index is 12.8. The highest BCUT2D eigenvalue weighted by atomic mass is 19.4. The molecular formula is C16H19F3N4O3. The molecule has 2 rings (SSSR count). The Morgan fingerprint density at radius 1 is 1.08 bits per heavy atom. The molecule has 0 saturated carbocycles. The number of benzene rings is 1. The third-order valence-corrected chi connectivity index (χ3v) is 3.98. The van der Waals surface area contributed by atoms with Crippen molar-refractivity contribution in [3.05, 3.63) is 35.4 Å². The summed E-state index contributed by atoms with van der Waals surface area (Å²) in [6.45, 7) is 0.478. The van der Waals surface area contributed by atoms with Crippen LogP contribution in [0.15, 0.2) is 24.3 Å². The van der Waals surface area contributed by atoms with Crippen LogP contribution >= 0.6 is 0 Å². The molecule has 26 heavy (non-hydrogen) atoms. The summed E-state index contributed by atoms with van der Waals surface area (Å²) in [7, 11) is 0. The van der Waals surface area contributed by atoms with Gasteiger partial charge in [0.2, 0.25) is 11.8 Å². The lowest BCUT2D eigenvalue weighted by atomic mass is 10.1. The van der Waals surface area contributed by atoms with E-state index in [0.717, 1.165) is 12.1 Å². The zero-order chi connectivity index (χ0) is 19.3. The average molecular weight is 372 g/mol. The Hall–Kier alpha value is -2.62. The molecule has 3 N–H and O–H groups in total. The number of carbonyl (C=O) groups is 3. The second kappa shape index (κ2) is 8.17. The summed E-state index contributed by atoms with van der Waals surface area (Å²) in [4.78, 5) is 38.3. The van der Waals surface area contributed by atoms with Gasteiger partial charge >= 0.3 is 6.18 Å². The second-order valence-corrected chi connectivity index (χ2v) is 5.73. The number of piperazine rings is 1. The highest BCUT2D eigenvalue weighted by molar-refractivity contribution is 5.94. The van der Waals surface area contributed by atoms with Crippen LogP contribution in [0.4, 0.5) is 13.2 Å². The van der Waals surface area contributed by atoms with Crippen molar-refractivity contribution in [3.8, 4) is 0 Å². The summed E-state index contributed by atoms with van der Waals surface area (Å²) in [6.07, 6.45) is -4.52. The molecule has 0 aliphatic carbocycles. The standard InChI is InChI=1S/C16H19F3N4O3/c17-16(18,19)12-3-1-2-11(8-12)15(26)23-6-4-22(5-7-23)14(25)10-21-13(24)9-20/h1-3,8H,4-7,9-10,20H2,(H,21,24). The first-order chi connectivity index (χ1) is 12.2. The molecule has 0 spiro atoms. The number of nitrogens with zero attached hydrogens (tertiary/aromatic N) is 2. The molecular weight excluding hydrogens is 353 g/mol. The Balaban J connectivity index is 1.92. The number of hydrogen-bond acceptors (Lipinski definition) is 4. The topological polar surface area (TPSA) is 95.7 Å². The number of rotatable bonds is 4. The Labute approximate surface area is 147 Å². The van der Waals surface area contributed by atoms with Crippen LogP contribution in [0.3, 0.4) is 0 Å². The smallest absolute Gasteiger partial charge is 0.346 e. The Morgan fingerprint density at radius 2 is 1.69 bits per heavy atom. The fraction of sp³-hybridized carbons (Fsp3) is 0.438. The minimum atomic E-state index is -4.52. The second-order valence-electron chi connectivity index (χ2n) is 5.73. The fourth-order valence-electron chi connectivity index (χ4n) is 2.53. The molecule has 0 aromatic heterocycles. The van der Waals surface area contributed by atoms with Gasteiger partial charge in [0.1, 0.15) is 0 Å². The largest absolute Gasteiger partial charge is 0.416 e. The van der Waals surface area contributed by atoms with Crippen LogP contribution in [0.2, 0.25) is 0 Å². The molecule has 0 unspecified atom stereocenters. The number of carbonyl (C=O) groups excluding carboxylic acids is 3. The van der Waals surface area contributed by atoms with E-state index in [1.165, 1.54) is 21.9 Å². The number of nitrogens with one attached hydrogen (secondary N) is 1. The van der Waals surface area contributed by atoms with E-state index < -0.39 is 23.6 Å². The van der Waals surface area contributed by atoms with Gasteiger partial charge in [0.15, 0.2) is 0 Å². The van der Waals surface area contributed by atoms with Crippen LogP contribution in [0.25, 0.3) is 0 Å².